The van der Waals surface area contributed by atoms with Crippen LogP contribution in [0, 0.1) is 20.8 Å². The molecule has 0 unspecified atom stereocenters. The standard InChI is InChI=1S/C27H26N2O3S/c1-19-8-14-26(15-9-19)33(31,32)29(25-13-10-20(2)21(3)16-25)18-27(30)28-24-12-11-22-6-4-5-7-23(22)17-24/h4-17H,18H2,1-3H3,(H,28,30). The molecule has 6 heteroatoms. The molecule has 0 atom stereocenters. The third kappa shape index (κ3) is 4.91. The Labute approximate surface area is 194 Å². The number of anilines is 2. The quantitative estimate of drug-likeness (QED) is 0.409. The van der Waals surface area contributed by atoms with Gasteiger partial charge in [-0.15, -0.1) is 0 Å². The first-order valence-corrected chi connectivity index (χ1v) is 12.1. The highest BCUT2D eigenvalue weighted by molar-refractivity contribution is 7.92. The average molecular weight is 459 g/mol. The lowest BCUT2D eigenvalue weighted by Crippen LogP contribution is -2.38. The van der Waals surface area contributed by atoms with Crippen LogP contribution in [0.5, 0.6) is 0 Å². The Hall–Kier alpha value is -3.64. The van der Waals surface area contributed by atoms with E-state index in [1.54, 1.807) is 36.4 Å². The normalized spacial score (nSPS) is 11.4. The van der Waals surface area contributed by atoms with Crippen LogP contribution in [0.4, 0.5) is 11.4 Å². The molecule has 0 saturated carbocycles. The number of benzene rings is 4. The number of amides is 1. The van der Waals surface area contributed by atoms with E-state index in [2.05, 4.69) is 5.32 Å². The number of rotatable bonds is 6. The van der Waals surface area contributed by atoms with Crippen molar-refractivity contribution in [3.05, 3.63) is 102 Å². The van der Waals surface area contributed by atoms with E-state index in [4.69, 9.17) is 0 Å². The lowest BCUT2D eigenvalue weighted by Gasteiger charge is -2.25. The highest BCUT2D eigenvalue weighted by atomic mass is 32.2. The zero-order valence-corrected chi connectivity index (χ0v) is 19.7. The summed E-state index contributed by atoms with van der Waals surface area (Å²) in [6, 6.07) is 25.5. The van der Waals surface area contributed by atoms with Crippen LogP contribution in [0.25, 0.3) is 10.8 Å². The summed E-state index contributed by atoms with van der Waals surface area (Å²) in [5.74, 6) is -0.417. The maximum Gasteiger partial charge on any atom is 0.264 e. The van der Waals surface area contributed by atoms with Gasteiger partial charge in [-0.05, 0) is 79.1 Å². The Morgan fingerprint density at radius 3 is 2.18 bits per heavy atom. The highest BCUT2D eigenvalue weighted by Crippen LogP contribution is 2.26. The molecule has 0 saturated heterocycles. The van der Waals surface area contributed by atoms with Crippen molar-refractivity contribution < 1.29 is 13.2 Å². The maximum atomic E-state index is 13.5. The van der Waals surface area contributed by atoms with Gasteiger partial charge in [0.25, 0.3) is 10.0 Å². The first-order valence-electron chi connectivity index (χ1n) is 10.7. The van der Waals surface area contributed by atoms with E-state index in [0.29, 0.717) is 11.4 Å². The number of aryl methyl sites for hydroxylation is 3. The van der Waals surface area contributed by atoms with Gasteiger partial charge in [0, 0.05) is 5.69 Å². The van der Waals surface area contributed by atoms with E-state index in [1.165, 1.54) is 4.31 Å². The minimum absolute atomic E-state index is 0.143. The van der Waals surface area contributed by atoms with Crippen molar-refractivity contribution in [2.45, 2.75) is 25.7 Å². The summed E-state index contributed by atoms with van der Waals surface area (Å²) < 4.78 is 28.3. The molecule has 0 bridgehead atoms. The fraction of sp³-hybridized carbons (Fsp3) is 0.148. The maximum absolute atomic E-state index is 13.5. The number of sulfonamides is 1. The van der Waals surface area contributed by atoms with E-state index in [-0.39, 0.29) is 11.4 Å². The van der Waals surface area contributed by atoms with Gasteiger partial charge in [0.1, 0.15) is 6.54 Å². The Kier molecular flexibility index (Phi) is 6.20. The number of carbonyl (C=O) groups excluding carboxylic acids is 1. The number of hydrogen-bond acceptors (Lipinski definition) is 3. The number of nitrogens with one attached hydrogen (secondary N) is 1. The second-order valence-corrected chi connectivity index (χ2v) is 10.1. The third-order valence-electron chi connectivity index (χ3n) is 5.71. The first kappa shape index (κ1) is 22.6. The van der Waals surface area contributed by atoms with Gasteiger partial charge in [-0.1, -0.05) is 54.1 Å². The van der Waals surface area contributed by atoms with E-state index in [0.717, 1.165) is 27.5 Å². The molecule has 0 fully saturated rings. The molecule has 4 rings (SSSR count). The second-order valence-electron chi connectivity index (χ2n) is 8.20. The summed E-state index contributed by atoms with van der Waals surface area (Å²) in [4.78, 5) is 13.1. The van der Waals surface area contributed by atoms with E-state index in [1.807, 2.05) is 69.3 Å². The molecule has 0 aliphatic rings. The average Bonchev–Trinajstić information content (AvgIpc) is 2.79. The molecule has 0 aliphatic carbocycles. The molecule has 4 aromatic rings. The minimum Gasteiger partial charge on any atom is -0.324 e. The molecule has 0 aliphatic heterocycles. The fourth-order valence-electron chi connectivity index (χ4n) is 3.63. The molecule has 1 amide bonds. The summed E-state index contributed by atoms with van der Waals surface area (Å²) in [6.07, 6.45) is 0. The predicted octanol–water partition coefficient (Wildman–Crippen LogP) is 5.60. The van der Waals surface area contributed by atoms with Crippen LogP contribution in [0.1, 0.15) is 16.7 Å². The molecule has 1 N–H and O–H groups in total. The molecule has 0 heterocycles. The number of hydrogen-bond donors (Lipinski definition) is 1. The van der Waals surface area contributed by atoms with Gasteiger partial charge < -0.3 is 5.32 Å². The van der Waals surface area contributed by atoms with Gasteiger partial charge >= 0.3 is 0 Å². The zero-order valence-electron chi connectivity index (χ0n) is 18.9. The van der Waals surface area contributed by atoms with Gasteiger partial charge in [0.05, 0.1) is 10.6 Å². The number of nitrogens with zero attached hydrogens (tertiary/aromatic N) is 1. The van der Waals surface area contributed by atoms with Crippen molar-refractivity contribution in [2.24, 2.45) is 0 Å². The second kappa shape index (κ2) is 9.08. The van der Waals surface area contributed by atoms with Crippen LogP contribution < -0.4 is 9.62 Å². The molecule has 0 radical (unpaired) electrons. The summed E-state index contributed by atoms with van der Waals surface area (Å²) in [5.41, 5.74) is 4.03. The van der Waals surface area contributed by atoms with Crippen molar-refractivity contribution in [1.82, 2.24) is 0 Å². The van der Waals surface area contributed by atoms with Crippen LogP contribution in [-0.4, -0.2) is 20.9 Å². The van der Waals surface area contributed by atoms with Gasteiger partial charge in [-0.3, -0.25) is 9.10 Å². The Bertz CT molecular complexity index is 1430. The molecule has 33 heavy (non-hydrogen) atoms. The largest absolute Gasteiger partial charge is 0.324 e. The molecular formula is C27H26N2O3S. The SMILES string of the molecule is Cc1ccc(S(=O)(=O)N(CC(=O)Nc2ccc3ccccc3c2)c2ccc(C)c(C)c2)cc1. The Balaban J connectivity index is 1.67. The lowest BCUT2D eigenvalue weighted by atomic mass is 10.1. The lowest BCUT2D eigenvalue weighted by molar-refractivity contribution is -0.114. The molecule has 0 aromatic heterocycles. The van der Waals surface area contributed by atoms with Crippen LogP contribution in [-0.2, 0) is 14.8 Å². The monoisotopic (exact) mass is 458 g/mol. The Morgan fingerprint density at radius 1 is 0.788 bits per heavy atom. The van der Waals surface area contributed by atoms with E-state index in [9.17, 15) is 13.2 Å². The summed E-state index contributed by atoms with van der Waals surface area (Å²) >= 11 is 0. The topological polar surface area (TPSA) is 66.5 Å². The molecule has 0 spiro atoms. The fourth-order valence-corrected chi connectivity index (χ4v) is 5.04. The van der Waals surface area contributed by atoms with Crippen molar-refractivity contribution >= 4 is 38.1 Å². The van der Waals surface area contributed by atoms with Gasteiger partial charge in [0.2, 0.25) is 5.91 Å². The van der Waals surface area contributed by atoms with Crippen LogP contribution >= 0.6 is 0 Å². The van der Waals surface area contributed by atoms with Crippen molar-refractivity contribution in [1.29, 1.82) is 0 Å². The van der Waals surface area contributed by atoms with Crippen molar-refractivity contribution in [3.8, 4) is 0 Å². The minimum atomic E-state index is -3.95. The Morgan fingerprint density at radius 2 is 1.48 bits per heavy atom. The summed E-state index contributed by atoms with van der Waals surface area (Å²) in [6.45, 7) is 5.44. The first-order chi connectivity index (χ1) is 15.7. The summed E-state index contributed by atoms with van der Waals surface area (Å²) in [7, 11) is -3.95. The van der Waals surface area contributed by atoms with Gasteiger partial charge in [0.15, 0.2) is 0 Å². The molecule has 168 valence electrons. The number of fused-ring (bicyclic) bond motifs is 1. The van der Waals surface area contributed by atoms with Crippen molar-refractivity contribution in [2.75, 3.05) is 16.2 Å². The van der Waals surface area contributed by atoms with Gasteiger partial charge in [-0.25, -0.2) is 8.42 Å². The van der Waals surface area contributed by atoms with Gasteiger partial charge in [-0.2, -0.15) is 0 Å². The predicted molar refractivity (Wildman–Crippen MR) is 134 cm³/mol. The zero-order chi connectivity index (χ0) is 23.6. The van der Waals surface area contributed by atoms with Crippen LogP contribution in [0.2, 0.25) is 0 Å². The molecule has 4 aromatic carbocycles. The van der Waals surface area contributed by atoms with Crippen LogP contribution in [0.15, 0.2) is 89.8 Å². The van der Waals surface area contributed by atoms with E-state index >= 15 is 0 Å². The van der Waals surface area contributed by atoms with Crippen LogP contribution in [0.3, 0.4) is 0 Å². The molecular weight excluding hydrogens is 432 g/mol. The van der Waals surface area contributed by atoms with Crippen molar-refractivity contribution in [3.63, 3.8) is 0 Å². The number of carbonyl (C=O) groups is 1. The smallest absolute Gasteiger partial charge is 0.264 e. The highest BCUT2D eigenvalue weighted by Gasteiger charge is 2.27. The summed E-state index contributed by atoms with van der Waals surface area (Å²) in [5, 5.41) is 4.91. The third-order valence-corrected chi connectivity index (χ3v) is 7.50. The molecule has 5 nitrogen and oxygen atoms in total. The van der Waals surface area contributed by atoms with E-state index < -0.39 is 15.9 Å².